The monoisotopic (exact) mass is 744 g/mol. The number of fused-ring (bicyclic) bond motifs is 7. The Morgan fingerprint density at radius 1 is 0.345 bits per heavy atom. The van der Waals surface area contributed by atoms with E-state index in [9.17, 15) is 0 Å². The van der Waals surface area contributed by atoms with Crippen LogP contribution in [-0.2, 0) is 5.41 Å². The van der Waals surface area contributed by atoms with Gasteiger partial charge in [-0.3, -0.25) is 0 Å². The Morgan fingerprint density at radius 3 is 1.66 bits per heavy atom. The quantitative estimate of drug-likeness (QED) is 0.162. The fourth-order valence-corrected chi connectivity index (χ4v) is 9.23. The molecule has 0 bridgehead atoms. The third kappa shape index (κ3) is 5.43. The highest BCUT2D eigenvalue weighted by molar-refractivity contribution is 6.09. The van der Waals surface area contributed by atoms with E-state index in [1.165, 1.54) is 44.2 Å². The van der Waals surface area contributed by atoms with Gasteiger partial charge in [-0.05, 0) is 118 Å². The minimum atomic E-state index is -0.0855. The molecule has 276 valence electrons. The summed E-state index contributed by atoms with van der Waals surface area (Å²) in [6.45, 7) is 4.69. The van der Waals surface area contributed by atoms with Crippen molar-refractivity contribution in [2.75, 3.05) is 9.80 Å². The average Bonchev–Trinajstić information content (AvgIpc) is 3.76. The Hall–Kier alpha value is -7.36. The molecule has 10 aromatic rings. The third-order valence-corrected chi connectivity index (χ3v) is 12.1. The molecule has 0 aliphatic heterocycles. The molecule has 0 amide bonds. The summed E-state index contributed by atoms with van der Waals surface area (Å²) in [5.41, 5.74) is 16.1. The van der Waals surface area contributed by atoms with E-state index in [0.29, 0.717) is 0 Å². The number of anilines is 6. The molecule has 11 rings (SSSR count). The molecule has 9 aromatic carbocycles. The highest BCUT2D eigenvalue weighted by Gasteiger charge is 2.35. The first kappa shape index (κ1) is 33.9. The maximum Gasteiger partial charge on any atom is 0.135 e. The molecule has 58 heavy (non-hydrogen) atoms. The number of furan rings is 1. The molecule has 0 unspecified atom stereocenters. The summed E-state index contributed by atoms with van der Waals surface area (Å²) in [6.07, 6.45) is 0. The molecule has 0 spiro atoms. The zero-order valence-electron chi connectivity index (χ0n) is 32.4. The van der Waals surface area contributed by atoms with E-state index in [1.54, 1.807) is 0 Å². The Bertz CT molecular complexity index is 3140. The van der Waals surface area contributed by atoms with E-state index >= 15 is 0 Å². The summed E-state index contributed by atoms with van der Waals surface area (Å²) < 4.78 is 6.22. The molecule has 1 aliphatic carbocycles. The van der Waals surface area contributed by atoms with Crippen molar-refractivity contribution in [1.29, 1.82) is 0 Å². The Morgan fingerprint density at radius 2 is 0.879 bits per heavy atom. The first-order valence-corrected chi connectivity index (χ1v) is 20.0. The van der Waals surface area contributed by atoms with Gasteiger partial charge in [0.15, 0.2) is 0 Å². The second-order valence-electron chi connectivity index (χ2n) is 15.7. The molecule has 3 heteroatoms. The van der Waals surface area contributed by atoms with E-state index in [0.717, 1.165) is 56.1 Å². The van der Waals surface area contributed by atoms with Crippen molar-refractivity contribution in [3.8, 4) is 22.3 Å². The largest absolute Gasteiger partial charge is 0.456 e. The SMILES string of the molecule is CC1(C)c2ccccc2-c2ccc(N(c3ccccc3)c3ccc(-c4ccc(N(c5ccccc5)c5ccc6oc7ccccc7c6c5)c5ccccc45)cc3)cc21. The maximum absolute atomic E-state index is 6.22. The van der Waals surface area contributed by atoms with Gasteiger partial charge in [0.2, 0.25) is 0 Å². The van der Waals surface area contributed by atoms with Crippen molar-refractivity contribution in [3.63, 3.8) is 0 Å². The van der Waals surface area contributed by atoms with Gasteiger partial charge in [-0.2, -0.15) is 0 Å². The standard InChI is InChI=1S/C55H40N2O/c1-55(2)50-23-13-11-20-45(50)46-31-29-42(36-51(46)55)56(38-15-5-3-6-16-38)40-27-25-37(26-28-40)43-32-33-52(47-21-10-9-19-44(43)47)57(39-17-7-4-8-18-39)41-30-34-54-49(35-41)48-22-12-14-24-53(48)58-54/h3-36H,1-2H3. The van der Waals surface area contributed by atoms with Crippen LogP contribution >= 0.6 is 0 Å². The van der Waals surface area contributed by atoms with Gasteiger partial charge in [0, 0.05) is 50.0 Å². The fraction of sp³-hybridized carbons (Fsp3) is 0.0545. The van der Waals surface area contributed by atoms with Crippen LogP contribution in [0.5, 0.6) is 0 Å². The van der Waals surface area contributed by atoms with E-state index in [-0.39, 0.29) is 5.41 Å². The first-order chi connectivity index (χ1) is 28.5. The van der Waals surface area contributed by atoms with Crippen LogP contribution in [0.25, 0.3) is 55.0 Å². The van der Waals surface area contributed by atoms with Crippen molar-refractivity contribution in [2.45, 2.75) is 19.3 Å². The molecule has 0 fully saturated rings. The molecule has 1 aliphatic rings. The van der Waals surface area contributed by atoms with Crippen LogP contribution in [-0.4, -0.2) is 0 Å². The lowest BCUT2D eigenvalue weighted by atomic mass is 9.82. The van der Waals surface area contributed by atoms with Crippen molar-refractivity contribution in [3.05, 3.63) is 217 Å². The molecular weight excluding hydrogens is 705 g/mol. The molecule has 0 saturated heterocycles. The van der Waals surface area contributed by atoms with Gasteiger partial charge in [0.05, 0.1) is 5.69 Å². The van der Waals surface area contributed by atoms with E-state index in [1.807, 2.05) is 12.1 Å². The number of rotatable bonds is 7. The summed E-state index contributed by atoms with van der Waals surface area (Å²) >= 11 is 0. The van der Waals surface area contributed by atoms with Crippen LogP contribution in [0, 0.1) is 0 Å². The normalized spacial score (nSPS) is 12.8. The predicted octanol–water partition coefficient (Wildman–Crippen LogP) is 15.7. The molecular formula is C55H40N2O. The number of hydrogen-bond acceptors (Lipinski definition) is 3. The van der Waals surface area contributed by atoms with Gasteiger partial charge in [-0.25, -0.2) is 0 Å². The number of hydrogen-bond donors (Lipinski definition) is 0. The van der Waals surface area contributed by atoms with Crippen LogP contribution in [0.1, 0.15) is 25.0 Å². The number of nitrogens with zero attached hydrogens (tertiary/aromatic N) is 2. The molecule has 0 N–H and O–H groups in total. The van der Waals surface area contributed by atoms with E-state index in [2.05, 4.69) is 218 Å². The summed E-state index contributed by atoms with van der Waals surface area (Å²) in [4.78, 5) is 4.74. The van der Waals surface area contributed by atoms with E-state index in [4.69, 9.17) is 4.42 Å². The Balaban J connectivity index is 1.01. The summed E-state index contributed by atoms with van der Waals surface area (Å²) in [6, 6.07) is 74.4. The summed E-state index contributed by atoms with van der Waals surface area (Å²) in [7, 11) is 0. The van der Waals surface area contributed by atoms with Crippen molar-refractivity contribution < 1.29 is 4.42 Å². The van der Waals surface area contributed by atoms with Gasteiger partial charge in [-0.1, -0.05) is 141 Å². The molecule has 1 aromatic heterocycles. The molecule has 0 radical (unpaired) electrons. The second kappa shape index (κ2) is 13.4. The second-order valence-corrected chi connectivity index (χ2v) is 15.7. The third-order valence-electron chi connectivity index (χ3n) is 12.1. The van der Waals surface area contributed by atoms with Crippen molar-refractivity contribution in [1.82, 2.24) is 0 Å². The molecule has 3 nitrogen and oxygen atoms in total. The Labute approximate surface area is 338 Å². The zero-order chi connectivity index (χ0) is 38.8. The minimum Gasteiger partial charge on any atom is -0.456 e. The highest BCUT2D eigenvalue weighted by atomic mass is 16.3. The number of benzene rings is 9. The lowest BCUT2D eigenvalue weighted by Crippen LogP contribution is -2.16. The van der Waals surface area contributed by atoms with Crippen LogP contribution in [0.4, 0.5) is 34.1 Å². The van der Waals surface area contributed by atoms with Gasteiger partial charge in [0.1, 0.15) is 11.2 Å². The zero-order valence-corrected chi connectivity index (χ0v) is 32.4. The van der Waals surface area contributed by atoms with Crippen LogP contribution < -0.4 is 9.80 Å². The number of para-hydroxylation sites is 3. The predicted molar refractivity (Wildman–Crippen MR) is 244 cm³/mol. The summed E-state index contributed by atoms with van der Waals surface area (Å²) in [5, 5.41) is 4.60. The van der Waals surface area contributed by atoms with Crippen LogP contribution in [0.3, 0.4) is 0 Å². The molecule has 0 saturated carbocycles. The van der Waals surface area contributed by atoms with Crippen molar-refractivity contribution >= 4 is 66.8 Å². The molecule has 1 heterocycles. The van der Waals surface area contributed by atoms with Gasteiger partial charge in [-0.15, -0.1) is 0 Å². The van der Waals surface area contributed by atoms with Crippen LogP contribution in [0.15, 0.2) is 211 Å². The van der Waals surface area contributed by atoms with E-state index < -0.39 is 0 Å². The lowest BCUT2D eigenvalue weighted by molar-refractivity contribution is 0.660. The van der Waals surface area contributed by atoms with Gasteiger partial charge in [0.25, 0.3) is 0 Å². The fourth-order valence-electron chi connectivity index (χ4n) is 9.23. The van der Waals surface area contributed by atoms with Gasteiger partial charge < -0.3 is 14.2 Å². The van der Waals surface area contributed by atoms with Crippen LogP contribution in [0.2, 0.25) is 0 Å². The average molecular weight is 745 g/mol. The topological polar surface area (TPSA) is 19.6 Å². The summed E-state index contributed by atoms with van der Waals surface area (Å²) in [5.74, 6) is 0. The van der Waals surface area contributed by atoms with Gasteiger partial charge >= 0.3 is 0 Å². The Kier molecular flexibility index (Phi) is 7.84. The highest BCUT2D eigenvalue weighted by Crippen LogP contribution is 2.51. The molecule has 0 atom stereocenters. The van der Waals surface area contributed by atoms with Crippen molar-refractivity contribution in [2.24, 2.45) is 0 Å². The minimum absolute atomic E-state index is 0.0855. The first-order valence-electron chi connectivity index (χ1n) is 20.0. The smallest absolute Gasteiger partial charge is 0.135 e. The maximum atomic E-state index is 6.22. The lowest BCUT2D eigenvalue weighted by Gasteiger charge is -2.28.